The maximum absolute atomic E-state index is 12.3. The Kier molecular flexibility index (Phi) is 4.02. The molecule has 1 aliphatic carbocycles. The summed E-state index contributed by atoms with van der Waals surface area (Å²) in [5.74, 6) is -0.105. The maximum Gasteiger partial charge on any atom is 0.319 e. The predicted octanol–water partition coefficient (Wildman–Crippen LogP) is 2.03. The predicted molar refractivity (Wildman–Crippen MR) is 71.9 cm³/mol. The van der Waals surface area contributed by atoms with Crippen LogP contribution in [-0.4, -0.2) is 53.6 Å². The summed E-state index contributed by atoms with van der Waals surface area (Å²) in [5, 5.41) is 9.43. The summed E-state index contributed by atoms with van der Waals surface area (Å²) in [6, 6.07) is -0.00863. The van der Waals surface area contributed by atoms with Gasteiger partial charge in [-0.2, -0.15) is 0 Å². The minimum atomic E-state index is -0.766. The minimum Gasteiger partial charge on any atom is -0.481 e. The van der Waals surface area contributed by atoms with Crippen molar-refractivity contribution in [2.75, 3.05) is 26.7 Å². The lowest BCUT2D eigenvalue weighted by Crippen LogP contribution is -2.53. The Morgan fingerprint density at radius 1 is 1.42 bits per heavy atom. The van der Waals surface area contributed by atoms with Crippen LogP contribution < -0.4 is 0 Å². The molecule has 1 atom stereocenters. The van der Waals surface area contributed by atoms with E-state index in [1.54, 1.807) is 9.80 Å². The van der Waals surface area contributed by atoms with Crippen LogP contribution in [0.2, 0.25) is 0 Å². The van der Waals surface area contributed by atoms with Crippen LogP contribution >= 0.6 is 0 Å². The van der Waals surface area contributed by atoms with Gasteiger partial charge in [0.05, 0.1) is 5.41 Å². The second-order valence-electron chi connectivity index (χ2n) is 6.07. The van der Waals surface area contributed by atoms with Gasteiger partial charge in [-0.1, -0.05) is 6.92 Å². The molecule has 2 fully saturated rings. The molecule has 1 saturated carbocycles. The second kappa shape index (κ2) is 5.39. The molecule has 0 spiro atoms. The van der Waals surface area contributed by atoms with Crippen LogP contribution in [0.4, 0.5) is 4.79 Å². The number of piperidine rings is 1. The first-order chi connectivity index (χ1) is 8.98. The van der Waals surface area contributed by atoms with E-state index in [0.717, 1.165) is 13.0 Å². The van der Waals surface area contributed by atoms with E-state index >= 15 is 0 Å². The maximum atomic E-state index is 12.3. The first kappa shape index (κ1) is 14.2. The molecule has 0 radical (unpaired) electrons. The van der Waals surface area contributed by atoms with Crippen molar-refractivity contribution in [3.63, 3.8) is 0 Å². The molecule has 5 nitrogen and oxygen atoms in total. The molecule has 1 unspecified atom stereocenters. The quantitative estimate of drug-likeness (QED) is 0.848. The van der Waals surface area contributed by atoms with Gasteiger partial charge in [-0.15, -0.1) is 0 Å². The molecule has 2 aliphatic rings. The summed E-state index contributed by atoms with van der Waals surface area (Å²) in [6.07, 6.45) is 4.47. The van der Waals surface area contributed by atoms with E-state index in [9.17, 15) is 14.7 Å². The van der Waals surface area contributed by atoms with Crippen LogP contribution in [0.5, 0.6) is 0 Å². The van der Waals surface area contributed by atoms with Gasteiger partial charge in [0, 0.05) is 26.7 Å². The highest BCUT2D eigenvalue weighted by molar-refractivity contribution is 5.78. The molecule has 19 heavy (non-hydrogen) atoms. The number of amides is 2. The monoisotopic (exact) mass is 268 g/mol. The van der Waals surface area contributed by atoms with Crippen LogP contribution in [0.3, 0.4) is 0 Å². The summed E-state index contributed by atoms with van der Waals surface area (Å²) in [7, 11) is 1.82. The van der Waals surface area contributed by atoms with Crippen molar-refractivity contribution in [1.29, 1.82) is 0 Å². The number of hydrogen-bond donors (Lipinski definition) is 1. The molecule has 0 aromatic heterocycles. The SMILES string of the molecule is CCC1(C(=O)O)CCCN(C(=O)N(C)CC2CC2)C1. The molecular formula is C14H24N2O3. The summed E-state index contributed by atoms with van der Waals surface area (Å²) in [4.78, 5) is 27.3. The fourth-order valence-electron chi connectivity index (χ4n) is 2.92. The zero-order valence-corrected chi connectivity index (χ0v) is 11.9. The fourth-order valence-corrected chi connectivity index (χ4v) is 2.92. The average molecular weight is 268 g/mol. The largest absolute Gasteiger partial charge is 0.481 e. The molecule has 1 aliphatic heterocycles. The summed E-state index contributed by atoms with van der Waals surface area (Å²) < 4.78 is 0. The molecule has 1 N–H and O–H groups in total. The van der Waals surface area contributed by atoms with E-state index in [0.29, 0.717) is 31.8 Å². The van der Waals surface area contributed by atoms with Gasteiger partial charge in [0.25, 0.3) is 0 Å². The number of carboxylic acid groups (broad SMARTS) is 1. The van der Waals surface area contributed by atoms with Crippen molar-refractivity contribution in [2.45, 2.75) is 39.0 Å². The van der Waals surface area contributed by atoms with Crippen LogP contribution in [0.25, 0.3) is 0 Å². The third kappa shape index (κ3) is 3.01. The van der Waals surface area contributed by atoms with Gasteiger partial charge >= 0.3 is 12.0 Å². The zero-order chi connectivity index (χ0) is 14.0. The Hall–Kier alpha value is -1.26. The zero-order valence-electron chi connectivity index (χ0n) is 11.9. The Morgan fingerprint density at radius 2 is 2.11 bits per heavy atom. The lowest BCUT2D eigenvalue weighted by molar-refractivity contribution is -0.152. The van der Waals surface area contributed by atoms with Crippen molar-refractivity contribution in [3.8, 4) is 0 Å². The van der Waals surface area contributed by atoms with Gasteiger partial charge in [0.1, 0.15) is 0 Å². The van der Waals surface area contributed by atoms with Gasteiger partial charge < -0.3 is 14.9 Å². The van der Waals surface area contributed by atoms with Crippen LogP contribution in [0.15, 0.2) is 0 Å². The third-order valence-corrected chi connectivity index (χ3v) is 4.53. The van der Waals surface area contributed by atoms with Crippen LogP contribution in [0, 0.1) is 11.3 Å². The molecule has 5 heteroatoms. The van der Waals surface area contributed by atoms with Gasteiger partial charge in [-0.3, -0.25) is 4.79 Å². The molecule has 1 heterocycles. The van der Waals surface area contributed by atoms with E-state index in [4.69, 9.17) is 0 Å². The van der Waals surface area contributed by atoms with Crippen LogP contribution in [0.1, 0.15) is 39.0 Å². The topological polar surface area (TPSA) is 60.9 Å². The standard InChI is InChI=1S/C14H24N2O3/c1-3-14(12(17)18)7-4-8-16(10-14)13(19)15(2)9-11-5-6-11/h11H,3-10H2,1-2H3,(H,17,18). The number of rotatable bonds is 4. The minimum absolute atomic E-state index is 0.00863. The summed E-state index contributed by atoms with van der Waals surface area (Å²) in [6.45, 7) is 3.74. The van der Waals surface area contributed by atoms with Gasteiger partial charge in [0.2, 0.25) is 0 Å². The van der Waals surface area contributed by atoms with Crippen molar-refractivity contribution < 1.29 is 14.7 Å². The molecule has 2 rings (SSSR count). The van der Waals surface area contributed by atoms with Gasteiger partial charge in [-0.05, 0) is 38.0 Å². The lowest BCUT2D eigenvalue weighted by Gasteiger charge is -2.40. The van der Waals surface area contributed by atoms with E-state index in [1.807, 2.05) is 14.0 Å². The number of carboxylic acids is 1. The molecule has 2 amide bonds. The lowest BCUT2D eigenvalue weighted by atomic mass is 9.78. The van der Waals surface area contributed by atoms with Crippen molar-refractivity contribution in [2.24, 2.45) is 11.3 Å². The van der Waals surface area contributed by atoms with Gasteiger partial charge in [-0.25, -0.2) is 4.79 Å². The van der Waals surface area contributed by atoms with Crippen molar-refractivity contribution in [3.05, 3.63) is 0 Å². The van der Waals surface area contributed by atoms with E-state index < -0.39 is 11.4 Å². The molecule has 1 saturated heterocycles. The summed E-state index contributed by atoms with van der Waals surface area (Å²) in [5.41, 5.74) is -0.742. The smallest absolute Gasteiger partial charge is 0.319 e. The molecule has 0 aromatic carbocycles. The number of urea groups is 1. The van der Waals surface area contributed by atoms with E-state index in [1.165, 1.54) is 12.8 Å². The second-order valence-corrected chi connectivity index (χ2v) is 6.07. The number of nitrogens with zero attached hydrogens (tertiary/aromatic N) is 2. The number of aliphatic carboxylic acids is 1. The number of carbonyl (C=O) groups is 2. The first-order valence-corrected chi connectivity index (χ1v) is 7.22. The molecular weight excluding hydrogens is 244 g/mol. The third-order valence-electron chi connectivity index (χ3n) is 4.53. The normalized spacial score (nSPS) is 27.2. The van der Waals surface area contributed by atoms with Crippen LogP contribution in [-0.2, 0) is 4.79 Å². The van der Waals surface area contributed by atoms with Gasteiger partial charge in [0.15, 0.2) is 0 Å². The Morgan fingerprint density at radius 3 is 2.63 bits per heavy atom. The Balaban J connectivity index is 1.99. The fraction of sp³-hybridized carbons (Fsp3) is 0.857. The molecule has 108 valence electrons. The number of hydrogen-bond acceptors (Lipinski definition) is 2. The first-order valence-electron chi connectivity index (χ1n) is 7.22. The van der Waals surface area contributed by atoms with E-state index in [2.05, 4.69) is 0 Å². The average Bonchev–Trinajstić information content (AvgIpc) is 3.21. The highest BCUT2D eigenvalue weighted by Crippen LogP contribution is 2.34. The highest BCUT2D eigenvalue weighted by Gasteiger charge is 2.42. The Bertz CT molecular complexity index is 368. The number of likely N-dealkylation sites (tertiary alicyclic amines) is 1. The van der Waals surface area contributed by atoms with E-state index in [-0.39, 0.29) is 6.03 Å². The summed E-state index contributed by atoms with van der Waals surface area (Å²) >= 11 is 0. The molecule has 0 bridgehead atoms. The number of carbonyl (C=O) groups excluding carboxylic acids is 1. The molecule has 0 aromatic rings. The Labute approximate surface area is 114 Å². The highest BCUT2D eigenvalue weighted by atomic mass is 16.4. The van der Waals surface area contributed by atoms with Crippen molar-refractivity contribution >= 4 is 12.0 Å². The van der Waals surface area contributed by atoms with Crippen molar-refractivity contribution in [1.82, 2.24) is 9.80 Å².